The van der Waals surface area contributed by atoms with Gasteiger partial charge in [0, 0.05) is 31.0 Å². The van der Waals surface area contributed by atoms with Crippen molar-refractivity contribution in [2.75, 3.05) is 18.0 Å². The van der Waals surface area contributed by atoms with Gasteiger partial charge < -0.3 is 4.90 Å². The van der Waals surface area contributed by atoms with Crippen LogP contribution in [0.15, 0.2) is 12.4 Å². The molecule has 0 radical (unpaired) electrons. The van der Waals surface area contributed by atoms with Gasteiger partial charge in [0.25, 0.3) is 0 Å². The summed E-state index contributed by atoms with van der Waals surface area (Å²) in [6, 6.07) is 0. The number of alkyl halides is 1. The molecule has 4 heteroatoms. The Hall–Kier alpha value is -0.830. The second-order valence-electron chi connectivity index (χ2n) is 4.41. The van der Waals surface area contributed by atoms with Crippen molar-refractivity contribution >= 4 is 17.5 Å². The van der Waals surface area contributed by atoms with Gasteiger partial charge >= 0.3 is 0 Å². The molecular formula is C12H18ClN3. The first-order chi connectivity index (χ1) is 7.83. The maximum absolute atomic E-state index is 5.71. The number of anilines is 1. The summed E-state index contributed by atoms with van der Waals surface area (Å²) < 4.78 is 0. The summed E-state index contributed by atoms with van der Waals surface area (Å²) in [7, 11) is 0. The molecule has 0 bridgehead atoms. The Morgan fingerprint density at radius 1 is 1.44 bits per heavy atom. The quantitative estimate of drug-likeness (QED) is 0.757. The minimum absolute atomic E-state index is 0.485. The highest BCUT2D eigenvalue weighted by Crippen LogP contribution is 2.23. The molecule has 0 aromatic carbocycles. The summed E-state index contributed by atoms with van der Waals surface area (Å²) in [6.07, 6.45) is 7.50. The van der Waals surface area contributed by atoms with E-state index in [0.29, 0.717) is 5.88 Å². The molecule has 0 amide bonds. The van der Waals surface area contributed by atoms with Gasteiger partial charge in [-0.3, -0.25) is 0 Å². The summed E-state index contributed by atoms with van der Waals surface area (Å²) >= 11 is 5.71. The van der Waals surface area contributed by atoms with Crippen molar-refractivity contribution < 1.29 is 0 Å². The van der Waals surface area contributed by atoms with E-state index in [1.165, 1.54) is 19.3 Å². The monoisotopic (exact) mass is 239 g/mol. The molecule has 1 fully saturated rings. The molecule has 1 unspecified atom stereocenters. The first-order valence-corrected chi connectivity index (χ1v) is 6.48. The van der Waals surface area contributed by atoms with Crippen molar-refractivity contribution in [3.8, 4) is 0 Å². The van der Waals surface area contributed by atoms with E-state index in [-0.39, 0.29) is 0 Å². The first-order valence-electron chi connectivity index (χ1n) is 5.95. The molecule has 1 aromatic rings. The summed E-state index contributed by atoms with van der Waals surface area (Å²) in [5.41, 5.74) is 0.981. The zero-order chi connectivity index (χ0) is 11.4. The molecule has 1 atom stereocenters. The third-order valence-electron chi connectivity index (χ3n) is 3.11. The van der Waals surface area contributed by atoms with Gasteiger partial charge in [-0.25, -0.2) is 9.97 Å². The van der Waals surface area contributed by atoms with Crippen LogP contribution in [0.3, 0.4) is 0 Å². The highest BCUT2D eigenvalue weighted by Gasteiger charge is 2.23. The smallest absolute Gasteiger partial charge is 0.225 e. The number of hydrogen-bond donors (Lipinski definition) is 0. The SMILES string of the molecule is CCCC1CCN(c2ncc(CCl)cn2)C1. The fourth-order valence-corrected chi connectivity index (χ4v) is 2.38. The van der Waals surface area contributed by atoms with Crippen LogP contribution in [-0.4, -0.2) is 23.1 Å². The Labute approximate surface area is 102 Å². The van der Waals surface area contributed by atoms with Crippen molar-refractivity contribution in [1.29, 1.82) is 0 Å². The van der Waals surface area contributed by atoms with Crippen LogP contribution in [0.5, 0.6) is 0 Å². The van der Waals surface area contributed by atoms with Crippen molar-refractivity contribution in [3.63, 3.8) is 0 Å². The Kier molecular flexibility index (Phi) is 3.99. The van der Waals surface area contributed by atoms with Gasteiger partial charge in [-0.15, -0.1) is 11.6 Å². The van der Waals surface area contributed by atoms with Crippen LogP contribution in [0.25, 0.3) is 0 Å². The van der Waals surface area contributed by atoms with Crippen molar-refractivity contribution in [3.05, 3.63) is 18.0 Å². The lowest BCUT2D eigenvalue weighted by molar-refractivity contribution is 0.529. The van der Waals surface area contributed by atoms with Gasteiger partial charge in [-0.1, -0.05) is 13.3 Å². The number of halogens is 1. The summed E-state index contributed by atoms with van der Waals surface area (Å²) in [5, 5.41) is 0. The highest BCUT2D eigenvalue weighted by atomic mass is 35.5. The number of nitrogens with zero attached hydrogens (tertiary/aromatic N) is 3. The topological polar surface area (TPSA) is 29.0 Å². The van der Waals surface area contributed by atoms with Crippen molar-refractivity contribution in [1.82, 2.24) is 9.97 Å². The Morgan fingerprint density at radius 2 is 2.19 bits per heavy atom. The average Bonchev–Trinajstić information content (AvgIpc) is 2.78. The summed E-state index contributed by atoms with van der Waals surface area (Å²) in [6.45, 7) is 4.44. The molecule has 0 spiro atoms. The lowest BCUT2D eigenvalue weighted by Crippen LogP contribution is -2.22. The Morgan fingerprint density at radius 3 is 2.81 bits per heavy atom. The third-order valence-corrected chi connectivity index (χ3v) is 3.42. The first kappa shape index (κ1) is 11.6. The van der Waals surface area contributed by atoms with Crippen LogP contribution in [-0.2, 0) is 5.88 Å². The maximum atomic E-state index is 5.71. The van der Waals surface area contributed by atoms with E-state index in [0.717, 1.165) is 30.5 Å². The standard InChI is InChI=1S/C12H18ClN3/c1-2-3-10-4-5-16(9-10)12-14-7-11(6-13)8-15-12/h7-8,10H,2-6,9H2,1H3. The molecule has 0 aliphatic carbocycles. The van der Waals surface area contributed by atoms with E-state index >= 15 is 0 Å². The zero-order valence-electron chi connectivity index (χ0n) is 9.69. The van der Waals surface area contributed by atoms with Gasteiger partial charge in [0.05, 0.1) is 5.88 Å². The van der Waals surface area contributed by atoms with Gasteiger partial charge in [0.2, 0.25) is 5.95 Å². The molecule has 88 valence electrons. The Bertz CT molecular complexity index is 326. The second-order valence-corrected chi connectivity index (χ2v) is 4.68. The van der Waals surface area contributed by atoms with Crippen LogP contribution < -0.4 is 4.90 Å². The van der Waals surface area contributed by atoms with Crippen molar-refractivity contribution in [2.45, 2.75) is 32.1 Å². The van der Waals surface area contributed by atoms with E-state index in [9.17, 15) is 0 Å². The fraction of sp³-hybridized carbons (Fsp3) is 0.667. The molecule has 1 aromatic heterocycles. The van der Waals surface area contributed by atoms with Crippen molar-refractivity contribution in [2.24, 2.45) is 5.92 Å². The molecule has 2 heterocycles. The van der Waals surface area contributed by atoms with Gasteiger partial charge in [-0.2, -0.15) is 0 Å². The van der Waals surface area contributed by atoms with E-state index < -0.39 is 0 Å². The zero-order valence-corrected chi connectivity index (χ0v) is 10.5. The molecule has 2 rings (SSSR count). The van der Waals surface area contributed by atoms with Gasteiger partial charge in [0.1, 0.15) is 0 Å². The van der Waals surface area contributed by atoms with E-state index in [1.807, 2.05) is 12.4 Å². The molecule has 1 aliphatic rings. The van der Waals surface area contributed by atoms with Crippen LogP contribution in [0.2, 0.25) is 0 Å². The minimum Gasteiger partial charge on any atom is -0.341 e. The molecule has 0 saturated carbocycles. The summed E-state index contributed by atoms with van der Waals surface area (Å²) in [4.78, 5) is 11.0. The van der Waals surface area contributed by atoms with Crippen LogP contribution in [0.1, 0.15) is 31.7 Å². The van der Waals surface area contributed by atoms with Gasteiger partial charge in [0.15, 0.2) is 0 Å². The molecule has 1 aliphatic heterocycles. The molecule has 16 heavy (non-hydrogen) atoms. The number of rotatable bonds is 4. The summed E-state index contributed by atoms with van der Waals surface area (Å²) in [5.74, 6) is 2.16. The predicted octanol–water partition coefficient (Wildman–Crippen LogP) is 2.84. The maximum Gasteiger partial charge on any atom is 0.225 e. The predicted molar refractivity (Wildman–Crippen MR) is 66.8 cm³/mol. The highest BCUT2D eigenvalue weighted by molar-refractivity contribution is 6.17. The Balaban J connectivity index is 1.97. The van der Waals surface area contributed by atoms with Crippen LogP contribution in [0.4, 0.5) is 5.95 Å². The molecule has 3 nitrogen and oxygen atoms in total. The van der Waals surface area contributed by atoms with E-state index in [2.05, 4.69) is 21.8 Å². The lowest BCUT2D eigenvalue weighted by Gasteiger charge is -2.15. The van der Waals surface area contributed by atoms with Crippen LogP contribution in [0, 0.1) is 5.92 Å². The van der Waals surface area contributed by atoms with E-state index in [4.69, 9.17) is 11.6 Å². The molecule has 0 N–H and O–H groups in total. The third kappa shape index (κ3) is 2.64. The minimum atomic E-state index is 0.485. The fourth-order valence-electron chi connectivity index (χ4n) is 2.24. The largest absolute Gasteiger partial charge is 0.341 e. The van der Waals surface area contributed by atoms with E-state index in [1.54, 1.807) is 0 Å². The lowest BCUT2D eigenvalue weighted by atomic mass is 10.0. The van der Waals surface area contributed by atoms with Gasteiger partial charge in [-0.05, 0) is 18.8 Å². The number of hydrogen-bond acceptors (Lipinski definition) is 3. The molecule has 1 saturated heterocycles. The second kappa shape index (κ2) is 5.48. The normalized spacial score (nSPS) is 20.4. The number of aromatic nitrogens is 2. The van der Waals surface area contributed by atoms with Crippen LogP contribution >= 0.6 is 11.6 Å². The molecular weight excluding hydrogens is 222 g/mol. The average molecular weight is 240 g/mol.